The summed E-state index contributed by atoms with van der Waals surface area (Å²) < 4.78 is 8.08. The number of rotatable bonds is 1. The van der Waals surface area contributed by atoms with Crippen molar-refractivity contribution in [2.45, 2.75) is 50.0 Å². The highest BCUT2D eigenvalue weighted by Crippen LogP contribution is 2.47. The molecule has 2 aliphatic rings. The minimum atomic E-state index is -0.375. The van der Waals surface area contributed by atoms with Gasteiger partial charge in [-0.2, -0.15) is 0 Å². The van der Waals surface area contributed by atoms with Gasteiger partial charge >= 0.3 is 0 Å². The van der Waals surface area contributed by atoms with E-state index in [0.717, 1.165) is 32.1 Å². The number of imidazole rings is 1. The number of aliphatic hydroxyl groups is 1. The maximum atomic E-state index is 10.2. The predicted molar refractivity (Wildman–Crippen MR) is 71.7 cm³/mol. The first-order valence-corrected chi connectivity index (χ1v) is 6.98. The van der Waals surface area contributed by atoms with Crippen LogP contribution in [0.2, 0.25) is 0 Å². The lowest BCUT2D eigenvalue weighted by Crippen LogP contribution is -2.37. The third-order valence-electron chi connectivity index (χ3n) is 4.57. The van der Waals surface area contributed by atoms with Gasteiger partial charge in [0.1, 0.15) is 18.1 Å². The zero-order valence-electron chi connectivity index (χ0n) is 11.1. The molecule has 106 valence electrons. The van der Waals surface area contributed by atoms with Crippen LogP contribution < -0.4 is 5.73 Å². The number of hydrogen-bond donors (Lipinski definition) is 2. The van der Waals surface area contributed by atoms with Gasteiger partial charge in [0.05, 0.1) is 18.0 Å². The van der Waals surface area contributed by atoms with Crippen molar-refractivity contribution in [3.05, 3.63) is 12.7 Å². The van der Waals surface area contributed by atoms with Crippen LogP contribution in [0.3, 0.4) is 0 Å². The number of fused-ring (bicyclic) bond motifs is 1. The van der Waals surface area contributed by atoms with Crippen molar-refractivity contribution < 1.29 is 9.84 Å². The number of ether oxygens (including phenoxy) is 1. The van der Waals surface area contributed by atoms with E-state index in [1.54, 1.807) is 6.33 Å². The van der Waals surface area contributed by atoms with Crippen molar-refractivity contribution in [2.24, 2.45) is 0 Å². The van der Waals surface area contributed by atoms with E-state index in [0.29, 0.717) is 17.0 Å². The van der Waals surface area contributed by atoms with Gasteiger partial charge in [-0.1, -0.05) is 0 Å². The van der Waals surface area contributed by atoms with Crippen molar-refractivity contribution in [1.29, 1.82) is 0 Å². The quantitative estimate of drug-likeness (QED) is 0.805. The van der Waals surface area contributed by atoms with Gasteiger partial charge < -0.3 is 15.6 Å². The van der Waals surface area contributed by atoms with Gasteiger partial charge in [0.25, 0.3) is 0 Å². The Bertz CT molecular complexity index is 657. The van der Waals surface area contributed by atoms with Crippen LogP contribution in [0.5, 0.6) is 0 Å². The predicted octanol–water partition coefficient (Wildman–Crippen LogP) is 1.00. The highest BCUT2D eigenvalue weighted by molar-refractivity contribution is 5.81. The molecule has 1 saturated carbocycles. The lowest BCUT2D eigenvalue weighted by atomic mass is 9.96. The number of aliphatic hydroxyl groups excluding tert-OH is 1. The Morgan fingerprint density at radius 1 is 1.30 bits per heavy atom. The number of nitrogens with zero attached hydrogens (tertiary/aromatic N) is 4. The first-order chi connectivity index (χ1) is 9.70. The fourth-order valence-electron chi connectivity index (χ4n) is 3.49. The van der Waals surface area contributed by atoms with Crippen LogP contribution in [-0.4, -0.2) is 36.3 Å². The summed E-state index contributed by atoms with van der Waals surface area (Å²) in [7, 11) is 0. The van der Waals surface area contributed by atoms with Crippen LogP contribution >= 0.6 is 0 Å². The smallest absolute Gasteiger partial charge is 0.167 e. The van der Waals surface area contributed by atoms with Crippen LogP contribution in [0.4, 0.5) is 5.82 Å². The fourth-order valence-corrected chi connectivity index (χ4v) is 3.49. The molecule has 0 bridgehead atoms. The first kappa shape index (κ1) is 12.0. The zero-order chi connectivity index (χ0) is 13.7. The van der Waals surface area contributed by atoms with Crippen molar-refractivity contribution in [1.82, 2.24) is 19.5 Å². The van der Waals surface area contributed by atoms with E-state index >= 15 is 0 Å². The average molecular weight is 275 g/mol. The molecule has 20 heavy (non-hydrogen) atoms. The van der Waals surface area contributed by atoms with Gasteiger partial charge in [-0.3, -0.25) is 4.57 Å². The third-order valence-corrected chi connectivity index (χ3v) is 4.57. The molecular weight excluding hydrogens is 258 g/mol. The summed E-state index contributed by atoms with van der Waals surface area (Å²) in [4.78, 5) is 12.5. The highest BCUT2D eigenvalue weighted by Gasteiger charge is 2.49. The lowest BCUT2D eigenvalue weighted by molar-refractivity contribution is -0.119. The van der Waals surface area contributed by atoms with Crippen LogP contribution in [0.25, 0.3) is 11.2 Å². The summed E-state index contributed by atoms with van der Waals surface area (Å²) >= 11 is 0. The number of aromatic nitrogens is 4. The first-order valence-electron chi connectivity index (χ1n) is 6.98. The third kappa shape index (κ3) is 1.56. The summed E-state index contributed by atoms with van der Waals surface area (Å²) in [6, 6.07) is 0. The molecular formula is C13H17N5O2. The van der Waals surface area contributed by atoms with E-state index in [9.17, 15) is 5.11 Å². The summed E-state index contributed by atoms with van der Waals surface area (Å²) in [5, 5.41) is 10.2. The fraction of sp³-hybridized carbons (Fsp3) is 0.615. The maximum Gasteiger partial charge on any atom is 0.167 e. The monoisotopic (exact) mass is 275 g/mol. The standard InChI is InChI=1S/C13H17N5O2/c14-11-10-12(16-6-15-11)18(7-17-10)9-3-5-13(20-9)4-1-2-8(13)19/h6-9,19H,1-5H2,(H2,14,15,16)/t8-,9+,13-/m0/s1. The Balaban J connectivity index is 1.70. The molecule has 2 aromatic heterocycles. The maximum absolute atomic E-state index is 10.2. The van der Waals surface area contributed by atoms with Gasteiger partial charge in [0.15, 0.2) is 11.5 Å². The summed E-state index contributed by atoms with van der Waals surface area (Å²) in [5.74, 6) is 0.377. The Morgan fingerprint density at radius 2 is 2.20 bits per heavy atom. The minimum Gasteiger partial charge on any atom is -0.390 e. The number of anilines is 1. The van der Waals surface area contributed by atoms with E-state index in [4.69, 9.17) is 10.5 Å². The van der Waals surface area contributed by atoms with Crippen LogP contribution in [0.1, 0.15) is 38.3 Å². The van der Waals surface area contributed by atoms with Gasteiger partial charge in [-0.05, 0) is 32.1 Å². The van der Waals surface area contributed by atoms with Crippen molar-refractivity contribution >= 4 is 17.0 Å². The Morgan fingerprint density at radius 3 is 3.00 bits per heavy atom. The van der Waals surface area contributed by atoms with Gasteiger partial charge in [0, 0.05) is 0 Å². The number of hydrogen-bond acceptors (Lipinski definition) is 6. The van der Waals surface area contributed by atoms with Gasteiger partial charge in [-0.15, -0.1) is 0 Å². The Hall–Kier alpha value is -1.73. The SMILES string of the molecule is Nc1ncnc2c1ncn2[C@H]1CC[C@]2(CCC[C@@H]2O)O1. The molecule has 4 rings (SSSR count). The van der Waals surface area contributed by atoms with Crippen molar-refractivity contribution in [3.63, 3.8) is 0 Å². The van der Waals surface area contributed by atoms with Crippen molar-refractivity contribution in [2.75, 3.05) is 5.73 Å². The van der Waals surface area contributed by atoms with E-state index in [1.807, 2.05) is 4.57 Å². The molecule has 1 spiro atoms. The van der Waals surface area contributed by atoms with E-state index < -0.39 is 0 Å². The summed E-state index contributed by atoms with van der Waals surface area (Å²) in [6.07, 6.45) is 7.13. The molecule has 7 nitrogen and oxygen atoms in total. The van der Waals surface area contributed by atoms with Gasteiger partial charge in [-0.25, -0.2) is 15.0 Å². The summed E-state index contributed by atoms with van der Waals surface area (Å²) in [5.41, 5.74) is 6.71. The molecule has 2 aromatic rings. The average Bonchev–Trinajstić information content (AvgIpc) is 3.11. The van der Waals surface area contributed by atoms with Gasteiger partial charge in [0.2, 0.25) is 0 Å². The second-order valence-corrected chi connectivity index (χ2v) is 5.67. The topological polar surface area (TPSA) is 99.1 Å². The second-order valence-electron chi connectivity index (χ2n) is 5.67. The minimum absolute atomic E-state index is 0.137. The molecule has 1 saturated heterocycles. The molecule has 0 aromatic carbocycles. The molecule has 3 atom stereocenters. The largest absolute Gasteiger partial charge is 0.390 e. The van der Waals surface area contributed by atoms with E-state index in [2.05, 4.69) is 15.0 Å². The highest BCUT2D eigenvalue weighted by atomic mass is 16.5. The molecule has 3 heterocycles. The molecule has 7 heteroatoms. The molecule has 0 unspecified atom stereocenters. The van der Waals surface area contributed by atoms with Crippen molar-refractivity contribution in [3.8, 4) is 0 Å². The molecule has 2 fully saturated rings. The molecule has 1 aliphatic carbocycles. The van der Waals surface area contributed by atoms with E-state index in [-0.39, 0.29) is 17.9 Å². The Kier molecular flexibility index (Phi) is 2.49. The zero-order valence-corrected chi connectivity index (χ0v) is 11.1. The molecule has 0 amide bonds. The molecule has 1 aliphatic heterocycles. The second kappa shape index (κ2) is 4.13. The molecule has 3 N–H and O–H groups in total. The summed E-state index contributed by atoms with van der Waals surface area (Å²) in [6.45, 7) is 0. The molecule has 0 radical (unpaired) electrons. The Labute approximate surface area is 115 Å². The number of nitrogen functional groups attached to an aromatic ring is 1. The number of nitrogens with two attached hydrogens (primary N) is 1. The van der Waals surface area contributed by atoms with Crippen LogP contribution in [0.15, 0.2) is 12.7 Å². The van der Waals surface area contributed by atoms with Crippen LogP contribution in [-0.2, 0) is 4.74 Å². The lowest BCUT2D eigenvalue weighted by Gasteiger charge is -2.28. The normalized spacial score (nSPS) is 33.5. The van der Waals surface area contributed by atoms with Crippen LogP contribution in [0, 0.1) is 0 Å². The van der Waals surface area contributed by atoms with E-state index in [1.165, 1.54) is 6.33 Å².